The SMILES string of the molecule is CC1=NOC(C)(C(=O)N2CCC3(CC2)C(=O)NCCN3C)C1. The Kier molecular flexibility index (Phi) is 3.63. The Morgan fingerprint density at radius 2 is 2.00 bits per heavy atom. The summed E-state index contributed by atoms with van der Waals surface area (Å²) in [6.45, 7) is 6.36. The van der Waals surface area contributed by atoms with E-state index < -0.39 is 11.1 Å². The summed E-state index contributed by atoms with van der Waals surface area (Å²) in [5, 5.41) is 6.87. The topological polar surface area (TPSA) is 74.2 Å². The van der Waals surface area contributed by atoms with E-state index in [1.807, 2.05) is 18.9 Å². The van der Waals surface area contributed by atoms with Crippen LogP contribution < -0.4 is 5.32 Å². The van der Waals surface area contributed by atoms with Gasteiger partial charge in [-0.15, -0.1) is 0 Å². The van der Waals surface area contributed by atoms with Crippen molar-refractivity contribution in [3.05, 3.63) is 0 Å². The zero-order valence-corrected chi connectivity index (χ0v) is 13.5. The van der Waals surface area contributed by atoms with E-state index in [4.69, 9.17) is 4.84 Å². The molecule has 3 heterocycles. The highest BCUT2D eigenvalue weighted by atomic mass is 16.7. The fourth-order valence-electron chi connectivity index (χ4n) is 3.76. The van der Waals surface area contributed by atoms with Crippen LogP contribution in [0.4, 0.5) is 0 Å². The minimum absolute atomic E-state index is 0.0261. The van der Waals surface area contributed by atoms with Crippen molar-refractivity contribution in [3.63, 3.8) is 0 Å². The van der Waals surface area contributed by atoms with Crippen molar-refractivity contribution in [3.8, 4) is 0 Å². The predicted octanol–water partition coefficient (Wildman–Crippen LogP) is -0.0359. The number of hydrogen-bond donors (Lipinski definition) is 1. The molecule has 1 N–H and O–H groups in total. The molecule has 7 nitrogen and oxygen atoms in total. The number of nitrogens with zero attached hydrogens (tertiary/aromatic N) is 3. The van der Waals surface area contributed by atoms with Crippen LogP contribution >= 0.6 is 0 Å². The standard InChI is InChI=1S/C15H24N4O3/c1-11-10-14(2,22-17-11)13(21)19-7-4-15(5-8-19)12(20)16-6-9-18(15)3/h4-10H2,1-3H3,(H,16,20). The first-order valence-corrected chi connectivity index (χ1v) is 7.88. The number of likely N-dealkylation sites (tertiary alicyclic amines) is 1. The summed E-state index contributed by atoms with van der Waals surface area (Å²) in [5.41, 5.74) is -0.496. The molecule has 122 valence electrons. The van der Waals surface area contributed by atoms with E-state index in [9.17, 15) is 9.59 Å². The Hall–Kier alpha value is -1.63. The van der Waals surface area contributed by atoms with E-state index >= 15 is 0 Å². The maximum Gasteiger partial charge on any atom is 0.269 e. The van der Waals surface area contributed by atoms with E-state index in [0.29, 0.717) is 38.9 Å². The highest BCUT2D eigenvalue weighted by Crippen LogP contribution is 2.33. The molecule has 2 saturated heterocycles. The van der Waals surface area contributed by atoms with Crippen LogP contribution in [0.15, 0.2) is 5.16 Å². The van der Waals surface area contributed by atoms with Gasteiger partial charge in [0.2, 0.25) is 11.5 Å². The van der Waals surface area contributed by atoms with Crippen molar-refractivity contribution in [2.45, 2.75) is 44.2 Å². The number of rotatable bonds is 1. The number of oxime groups is 1. The Bertz CT molecular complexity index is 525. The minimum atomic E-state index is -0.880. The fourth-order valence-corrected chi connectivity index (χ4v) is 3.76. The van der Waals surface area contributed by atoms with Crippen LogP contribution in [-0.2, 0) is 14.4 Å². The van der Waals surface area contributed by atoms with Gasteiger partial charge in [-0.3, -0.25) is 14.5 Å². The monoisotopic (exact) mass is 308 g/mol. The van der Waals surface area contributed by atoms with Crippen LogP contribution in [0.1, 0.15) is 33.1 Å². The molecule has 22 heavy (non-hydrogen) atoms. The maximum atomic E-state index is 12.7. The van der Waals surface area contributed by atoms with Crippen molar-refractivity contribution in [1.82, 2.24) is 15.1 Å². The summed E-state index contributed by atoms with van der Waals surface area (Å²) in [7, 11) is 1.99. The molecular formula is C15H24N4O3. The third-order valence-electron chi connectivity index (χ3n) is 5.21. The second-order valence-electron chi connectivity index (χ2n) is 6.83. The highest BCUT2D eigenvalue weighted by molar-refractivity contribution is 5.94. The molecule has 3 aliphatic rings. The Morgan fingerprint density at radius 1 is 1.32 bits per heavy atom. The van der Waals surface area contributed by atoms with Crippen LogP contribution in [0.25, 0.3) is 0 Å². The van der Waals surface area contributed by atoms with Crippen LogP contribution in [-0.4, -0.2) is 71.7 Å². The summed E-state index contributed by atoms with van der Waals surface area (Å²) in [6, 6.07) is 0. The van der Waals surface area contributed by atoms with Gasteiger partial charge in [0, 0.05) is 32.6 Å². The highest BCUT2D eigenvalue weighted by Gasteiger charge is 2.50. The lowest BCUT2D eigenvalue weighted by atomic mass is 9.83. The van der Waals surface area contributed by atoms with E-state index in [1.54, 1.807) is 6.92 Å². The smallest absolute Gasteiger partial charge is 0.269 e. The summed E-state index contributed by atoms with van der Waals surface area (Å²) in [5.74, 6) is 0.0673. The average Bonchev–Trinajstić information content (AvgIpc) is 2.85. The van der Waals surface area contributed by atoms with Gasteiger partial charge in [-0.25, -0.2) is 0 Å². The molecule has 1 spiro atoms. The summed E-state index contributed by atoms with van der Waals surface area (Å²) < 4.78 is 0. The summed E-state index contributed by atoms with van der Waals surface area (Å²) >= 11 is 0. The second-order valence-corrected chi connectivity index (χ2v) is 6.83. The molecule has 0 bridgehead atoms. The number of amides is 2. The van der Waals surface area contributed by atoms with Crippen LogP contribution in [0, 0.1) is 0 Å². The predicted molar refractivity (Wildman–Crippen MR) is 81.4 cm³/mol. The van der Waals surface area contributed by atoms with Gasteiger partial charge in [0.1, 0.15) is 5.54 Å². The number of piperidine rings is 1. The zero-order chi connectivity index (χ0) is 16.0. The normalized spacial score (nSPS) is 31.7. The number of carbonyl (C=O) groups is 2. The first-order chi connectivity index (χ1) is 10.4. The molecule has 0 aromatic carbocycles. The van der Waals surface area contributed by atoms with E-state index in [-0.39, 0.29) is 11.8 Å². The lowest BCUT2D eigenvalue weighted by molar-refractivity contribution is -0.158. The quantitative estimate of drug-likeness (QED) is 0.738. The molecule has 0 radical (unpaired) electrons. The Morgan fingerprint density at radius 3 is 2.55 bits per heavy atom. The molecule has 1 unspecified atom stereocenters. The molecule has 3 aliphatic heterocycles. The second kappa shape index (κ2) is 5.22. The molecule has 2 fully saturated rings. The van der Waals surface area contributed by atoms with Gasteiger partial charge < -0.3 is 15.1 Å². The van der Waals surface area contributed by atoms with Gasteiger partial charge in [0.25, 0.3) is 5.91 Å². The van der Waals surface area contributed by atoms with Gasteiger partial charge in [0.05, 0.1) is 5.71 Å². The van der Waals surface area contributed by atoms with Gasteiger partial charge in [-0.2, -0.15) is 0 Å². The third kappa shape index (κ3) is 2.27. The molecule has 0 saturated carbocycles. The molecule has 0 aliphatic carbocycles. The Labute approximate surface area is 130 Å². The van der Waals surface area contributed by atoms with Gasteiger partial charge in [-0.05, 0) is 33.7 Å². The molecular weight excluding hydrogens is 284 g/mol. The third-order valence-corrected chi connectivity index (χ3v) is 5.21. The van der Waals surface area contributed by atoms with Crippen molar-refractivity contribution in [2.75, 3.05) is 33.2 Å². The molecule has 1 atom stereocenters. The molecule has 0 aromatic rings. The van der Waals surface area contributed by atoms with E-state index in [1.165, 1.54) is 0 Å². The van der Waals surface area contributed by atoms with Gasteiger partial charge in [-0.1, -0.05) is 5.16 Å². The van der Waals surface area contributed by atoms with Gasteiger partial charge >= 0.3 is 0 Å². The van der Waals surface area contributed by atoms with Gasteiger partial charge in [0.15, 0.2) is 0 Å². The Balaban J connectivity index is 1.67. The van der Waals surface area contributed by atoms with Crippen molar-refractivity contribution < 1.29 is 14.4 Å². The minimum Gasteiger partial charge on any atom is -0.379 e. The van der Waals surface area contributed by atoms with Crippen molar-refractivity contribution in [2.24, 2.45) is 5.16 Å². The van der Waals surface area contributed by atoms with E-state index in [2.05, 4.69) is 15.4 Å². The zero-order valence-electron chi connectivity index (χ0n) is 13.5. The van der Waals surface area contributed by atoms with E-state index in [0.717, 1.165) is 12.3 Å². The number of nitrogens with one attached hydrogen (secondary N) is 1. The molecule has 7 heteroatoms. The number of hydrogen-bond acceptors (Lipinski definition) is 5. The van der Waals surface area contributed by atoms with Crippen molar-refractivity contribution >= 4 is 17.5 Å². The fraction of sp³-hybridized carbons (Fsp3) is 0.800. The summed E-state index contributed by atoms with van der Waals surface area (Å²) in [6.07, 6.45) is 1.86. The van der Waals surface area contributed by atoms with Crippen LogP contribution in [0.2, 0.25) is 0 Å². The average molecular weight is 308 g/mol. The number of likely N-dealkylation sites (N-methyl/N-ethyl adjacent to an activating group) is 1. The first kappa shape index (κ1) is 15.3. The van der Waals surface area contributed by atoms with Crippen LogP contribution in [0.5, 0.6) is 0 Å². The largest absolute Gasteiger partial charge is 0.379 e. The summed E-state index contributed by atoms with van der Waals surface area (Å²) in [4.78, 5) is 34.3. The molecule has 3 rings (SSSR count). The lowest BCUT2D eigenvalue weighted by Crippen LogP contribution is -2.67. The molecule has 0 aromatic heterocycles. The van der Waals surface area contributed by atoms with Crippen LogP contribution in [0.3, 0.4) is 0 Å². The van der Waals surface area contributed by atoms with Crippen molar-refractivity contribution in [1.29, 1.82) is 0 Å². The lowest BCUT2D eigenvalue weighted by Gasteiger charge is -2.49. The number of carbonyl (C=O) groups excluding carboxylic acids is 2. The number of piperazine rings is 1. The first-order valence-electron chi connectivity index (χ1n) is 7.88. The molecule has 2 amide bonds. The maximum absolute atomic E-state index is 12.7.